The molecule has 0 saturated carbocycles. The average Bonchev–Trinajstić information content (AvgIpc) is 2.30. The lowest BCUT2D eigenvalue weighted by Gasteiger charge is -2.09. The van der Waals surface area contributed by atoms with Crippen LogP contribution < -0.4 is 5.73 Å². The highest BCUT2D eigenvalue weighted by atomic mass is 35.5. The topological polar surface area (TPSA) is 78.6 Å². The Labute approximate surface area is 112 Å². The standard InChI is InChI=1S/C12H15NO4.ClH/c1-2-16-12(15)17-11(14)10(13)8-9-6-4-3-5-7-9;/h3-7,10H,2,8,13H2,1H3;1H. The van der Waals surface area contributed by atoms with Crippen molar-refractivity contribution >= 4 is 24.5 Å². The van der Waals surface area contributed by atoms with Gasteiger partial charge in [0.2, 0.25) is 0 Å². The number of carbonyl (C=O) groups is 2. The summed E-state index contributed by atoms with van der Waals surface area (Å²) in [5.41, 5.74) is 6.51. The van der Waals surface area contributed by atoms with Crippen LogP contribution in [0.5, 0.6) is 0 Å². The summed E-state index contributed by atoms with van der Waals surface area (Å²) in [4.78, 5) is 22.3. The molecular formula is C12H16ClNO4. The molecule has 0 heterocycles. The van der Waals surface area contributed by atoms with Crippen LogP contribution in [-0.2, 0) is 20.7 Å². The van der Waals surface area contributed by atoms with Crippen molar-refractivity contribution in [3.05, 3.63) is 35.9 Å². The van der Waals surface area contributed by atoms with Crippen molar-refractivity contribution in [3.63, 3.8) is 0 Å². The molecular weight excluding hydrogens is 258 g/mol. The fraction of sp³-hybridized carbons (Fsp3) is 0.333. The Balaban J connectivity index is 0.00000289. The highest BCUT2D eigenvalue weighted by Gasteiger charge is 2.19. The van der Waals surface area contributed by atoms with Crippen molar-refractivity contribution in [1.29, 1.82) is 0 Å². The molecule has 0 saturated heterocycles. The molecule has 0 aliphatic rings. The molecule has 0 amide bonds. The predicted octanol–water partition coefficient (Wildman–Crippen LogP) is 1.68. The number of carbonyl (C=O) groups excluding carboxylic acids is 2. The van der Waals surface area contributed by atoms with Gasteiger partial charge in [-0.1, -0.05) is 30.3 Å². The first-order valence-corrected chi connectivity index (χ1v) is 5.31. The van der Waals surface area contributed by atoms with Crippen LogP contribution in [0, 0.1) is 0 Å². The summed E-state index contributed by atoms with van der Waals surface area (Å²) >= 11 is 0. The quantitative estimate of drug-likeness (QED) is 0.667. The highest BCUT2D eigenvalue weighted by Crippen LogP contribution is 2.03. The molecule has 0 radical (unpaired) electrons. The van der Waals surface area contributed by atoms with Gasteiger partial charge in [-0.15, -0.1) is 12.4 Å². The summed E-state index contributed by atoms with van der Waals surface area (Å²) in [5, 5.41) is 0. The molecule has 1 atom stereocenters. The zero-order valence-corrected chi connectivity index (χ0v) is 10.8. The van der Waals surface area contributed by atoms with E-state index in [1.54, 1.807) is 6.92 Å². The van der Waals surface area contributed by atoms with Gasteiger partial charge in [-0.05, 0) is 18.9 Å². The third kappa shape index (κ3) is 5.65. The maximum absolute atomic E-state index is 11.4. The van der Waals surface area contributed by atoms with E-state index in [2.05, 4.69) is 9.47 Å². The SMILES string of the molecule is CCOC(=O)OC(=O)C(N)Cc1ccccc1.Cl. The lowest BCUT2D eigenvalue weighted by Crippen LogP contribution is -2.35. The third-order valence-electron chi connectivity index (χ3n) is 2.05. The number of rotatable bonds is 4. The number of esters is 1. The average molecular weight is 274 g/mol. The lowest BCUT2D eigenvalue weighted by atomic mass is 10.1. The van der Waals surface area contributed by atoms with Crippen molar-refractivity contribution in [2.75, 3.05) is 6.61 Å². The minimum Gasteiger partial charge on any atom is -0.434 e. The first-order valence-electron chi connectivity index (χ1n) is 5.31. The van der Waals surface area contributed by atoms with Crippen LogP contribution in [-0.4, -0.2) is 24.8 Å². The summed E-state index contributed by atoms with van der Waals surface area (Å²) in [6, 6.07) is 8.38. The van der Waals surface area contributed by atoms with Gasteiger partial charge in [-0.2, -0.15) is 0 Å². The van der Waals surface area contributed by atoms with Crippen LogP contribution in [0.4, 0.5) is 4.79 Å². The smallest absolute Gasteiger partial charge is 0.434 e. The largest absolute Gasteiger partial charge is 0.516 e. The molecule has 0 aliphatic carbocycles. The third-order valence-corrected chi connectivity index (χ3v) is 2.05. The second kappa shape index (κ2) is 8.49. The van der Waals surface area contributed by atoms with Gasteiger partial charge in [0.05, 0.1) is 6.61 Å². The minimum atomic E-state index is -1.01. The Morgan fingerprint density at radius 3 is 2.44 bits per heavy atom. The lowest BCUT2D eigenvalue weighted by molar-refractivity contribution is -0.141. The summed E-state index contributed by atoms with van der Waals surface area (Å²) in [6.45, 7) is 1.77. The number of halogens is 1. The van der Waals surface area contributed by atoms with Crippen molar-refractivity contribution in [1.82, 2.24) is 0 Å². The maximum atomic E-state index is 11.4. The van der Waals surface area contributed by atoms with Crippen molar-refractivity contribution in [2.24, 2.45) is 5.73 Å². The van der Waals surface area contributed by atoms with E-state index in [1.165, 1.54) is 0 Å². The summed E-state index contributed by atoms with van der Waals surface area (Å²) in [6.07, 6.45) is -0.694. The van der Waals surface area contributed by atoms with Gasteiger partial charge in [0, 0.05) is 0 Å². The van der Waals surface area contributed by atoms with Crippen LogP contribution in [0.3, 0.4) is 0 Å². The van der Waals surface area contributed by atoms with E-state index >= 15 is 0 Å². The van der Waals surface area contributed by atoms with Gasteiger partial charge in [0.1, 0.15) is 6.04 Å². The molecule has 5 nitrogen and oxygen atoms in total. The molecule has 0 aliphatic heterocycles. The second-order valence-electron chi connectivity index (χ2n) is 3.40. The monoisotopic (exact) mass is 273 g/mol. The van der Waals surface area contributed by atoms with Crippen LogP contribution in [0.1, 0.15) is 12.5 Å². The van der Waals surface area contributed by atoms with Crippen LogP contribution in [0.25, 0.3) is 0 Å². The Bertz CT molecular complexity index is 383. The molecule has 0 bridgehead atoms. The molecule has 0 aromatic heterocycles. The Kier molecular flexibility index (Phi) is 7.74. The number of hydrogen-bond donors (Lipinski definition) is 1. The van der Waals surface area contributed by atoms with E-state index in [-0.39, 0.29) is 19.0 Å². The van der Waals surface area contributed by atoms with Gasteiger partial charge < -0.3 is 15.2 Å². The minimum absolute atomic E-state index is 0. The molecule has 18 heavy (non-hydrogen) atoms. The molecule has 1 unspecified atom stereocenters. The summed E-state index contributed by atoms with van der Waals surface area (Å²) in [7, 11) is 0. The van der Waals surface area contributed by atoms with Crippen LogP contribution >= 0.6 is 12.4 Å². The Hall–Kier alpha value is -1.59. The van der Waals surface area contributed by atoms with E-state index in [0.717, 1.165) is 5.56 Å². The Morgan fingerprint density at radius 1 is 1.28 bits per heavy atom. The molecule has 100 valence electrons. The fourth-order valence-corrected chi connectivity index (χ4v) is 1.26. The summed E-state index contributed by atoms with van der Waals surface area (Å²) < 4.78 is 8.88. The Morgan fingerprint density at radius 2 is 1.89 bits per heavy atom. The van der Waals surface area contributed by atoms with Gasteiger partial charge in [-0.25, -0.2) is 9.59 Å². The first kappa shape index (κ1) is 16.4. The maximum Gasteiger partial charge on any atom is 0.516 e. The highest BCUT2D eigenvalue weighted by molar-refractivity contribution is 5.85. The predicted molar refractivity (Wildman–Crippen MR) is 68.5 cm³/mol. The van der Waals surface area contributed by atoms with E-state index in [9.17, 15) is 9.59 Å². The molecule has 0 spiro atoms. The zero-order chi connectivity index (χ0) is 12.7. The second-order valence-corrected chi connectivity index (χ2v) is 3.40. The van der Waals surface area contributed by atoms with Gasteiger partial charge in [0.25, 0.3) is 0 Å². The van der Waals surface area contributed by atoms with Crippen LogP contribution in [0.15, 0.2) is 30.3 Å². The first-order chi connectivity index (χ1) is 8.13. The van der Waals surface area contributed by atoms with Gasteiger partial charge in [-0.3, -0.25) is 0 Å². The fourth-order valence-electron chi connectivity index (χ4n) is 1.26. The van der Waals surface area contributed by atoms with Gasteiger partial charge >= 0.3 is 12.1 Å². The van der Waals surface area contributed by atoms with Crippen molar-refractivity contribution in [2.45, 2.75) is 19.4 Å². The number of nitrogens with two attached hydrogens (primary N) is 1. The zero-order valence-electron chi connectivity index (χ0n) is 10.00. The molecule has 6 heteroatoms. The molecule has 1 rings (SSSR count). The van der Waals surface area contributed by atoms with Gasteiger partial charge in [0.15, 0.2) is 0 Å². The molecule has 0 fully saturated rings. The van der Waals surface area contributed by atoms with Crippen molar-refractivity contribution in [3.8, 4) is 0 Å². The van der Waals surface area contributed by atoms with Crippen molar-refractivity contribution < 1.29 is 19.1 Å². The van der Waals surface area contributed by atoms with E-state index in [0.29, 0.717) is 6.42 Å². The molecule has 2 N–H and O–H groups in total. The molecule has 1 aromatic carbocycles. The normalized spacial score (nSPS) is 11.0. The number of hydrogen-bond acceptors (Lipinski definition) is 5. The van der Waals surface area contributed by atoms with E-state index in [4.69, 9.17) is 5.73 Å². The van der Waals surface area contributed by atoms with E-state index < -0.39 is 18.2 Å². The number of benzene rings is 1. The van der Waals surface area contributed by atoms with Crippen LogP contribution in [0.2, 0.25) is 0 Å². The summed E-state index contributed by atoms with van der Waals surface area (Å²) in [5.74, 6) is -0.785. The van der Waals surface area contributed by atoms with E-state index in [1.807, 2.05) is 30.3 Å². The molecule has 1 aromatic rings. The number of ether oxygens (including phenoxy) is 2.